The predicted octanol–water partition coefficient (Wildman–Crippen LogP) is -2.42. The zero-order valence-corrected chi connectivity index (χ0v) is 14.8. The number of nitrogens with two attached hydrogens (primary N) is 1. The van der Waals surface area contributed by atoms with Crippen LogP contribution in [0.4, 0.5) is 5.82 Å². The lowest BCUT2D eigenvalue weighted by Gasteiger charge is -2.14. The van der Waals surface area contributed by atoms with Crippen molar-refractivity contribution in [1.29, 1.82) is 0 Å². The Labute approximate surface area is 151 Å². The fraction of sp³-hybridized carbons (Fsp3) is 0.400. The number of anilines is 1. The van der Waals surface area contributed by atoms with Crippen molar-refractivity contribution in [3.8, 4) is 11.5 Å². The second-order valence-corrected chi connectivity index (χ2v) is 4.81. The molecule has 0 saturated heterocycles. The first-order chi connectivity index (χ1) is 11.7. The molecule has 10 heteroatoms. The molecule has 4 N–H and O–H groups in total. The van der Waals surface area contributed by atoms with Crippen LogP contribution < -0.4 is 38.2 Å². The van der Waals surface area contributed by atoms with Gasteiger partial charge in [-0.1, -0.05) is 12.1 Å². The standard InChI is InChI=1S/C15H21N5O4.ClH/c1-3-23-13-10(5-4-6-11(13)22-2)9-17-7-8-18-15(21)12-14(16)20-24-19-12;/h4-6,17H,3,7-9H2,1-2H3,(H2,16,20)(H,18,21);1H/p-1. The second-order valence-electron chi connectivity index (χ2n) is 4.81. The van der Waals surface area contributed by atoms with Crippen molar-refractivity contribution in [3.63, 3.8) is 0 Å². The third-order valence-corrected chi connectivity index (χ3v) is 3.20. The van der Waals surface area contributed by atoms with Crippen molar-refractivity contribution in [1.82, 2.24) is 20.9 Å². The third kappa shape index (κ3) is 5.50. The van der Waals surface area contributed by atoms with E-state index in [2.05, 4.69) is 25.6 Å². The highest BCUT2D eigenvalue weighted by Gasteiger charge is 2.15. The normalized spacial score (nSPS) is 10.0. The summed E-state index contributed by atoms with van der Waals surface area (Å²) >= 11 is 0. The van der Waals surface area contributed by atoms with E-state index in [1.165, 1.54) is 0 Å². The highest BCUT2D eigenvalue weighted by molar-refractivity contribution is 5.95. The maximum atomic E-state index is 11.8. The average molecular weight is 371 g/mol. The highest BCUT2D eigenvalue weighted by Crippen LogP contribution is 2.30. The molecule has 0 aliphatic carbocycles. The van der Waals surface area contributed by atoms with E-state index in [1.54, 1.807) is 7.11 Å². The number of para-hydroxylation sites is 1. The molecule has 0 atom stereocenters. The van der Waals surface area contributed by atoms with Crippen molar-refractivity contribution in [2.24, 2.45) is 0 Å². The Bertz CT molecular complexity index is 680. The highest BCUT2D eigenvalue weighted by atomic mass is 35.5. The smallest absolute Gasteiger partial charge is 0.277 e. The van der Waals surface area contributed by atoms with Crippen LogP contribution in [0.1, 0.15) is 23.0 Å². The summed E-state index contributed by atoms with van der Waals surface area (Å²) in [6.45, 7) is 4.01. The van der Waals surface area contributed by atoms with E-state index in [0.717, 1.165) is 11.3 Å². The third-order valence-electron chi connectivity index (χ3n) is 3.20. The Morgan fingerprint density at radius 3 is 2.76 bits per heavy atom. The molecule has 25 heavy (non-hydrogen) atoms. The van der Waals surface area contributed by atoms with Crippen LogP contribution in [0, 0.1) is 0 Å². The predicted molar refractivity (Wildman–Crippen MR) is 86.9 cm³/mol. The minimum atomic E-state index is -0.424. The number of nitrogen functional groups attached to an aromatic ring is 1. The molecule has 1 aromatic heterocycles. The monoisotopic (exact) mass is 370 g/mol. The Morgan fingerprint density at radius 2 is 2.12 bits per heavy atom. The fourth-order valence-corrected chi connectivity index (χ4v) is 2.09. The van der Waals surface area contributed by atoms with E-state index < -0.39 is 5.91 Å². The zero-order chi connectivity index (χ0) is 17.4. The fourth-order valence-electron chi connectivity index (χ4n) is 2.09. The van der Waals surface area contributed by atoms with Gasteiger partial charge in [0.2, 0.25) is 11.5 Å². The second kappa shape index (κ2) is 10.4. The number of hydrogen-bond acceptors (Lipinski definition) is 8. The van der Waals surface area contributed by atoms with Gasteiger partial charge in [-0.15, -0.1) is 0 Å². The van der Waals surface area contributed by atoms with Gasteiger partial charge >= 0.3 is 0 Å². The Morgan fingerprint density at radius 1 is 1.32 bits per heavy atom. The van der Waals surface area contributed by atoms with E-state index in [-0.39, 0.29) is 23.9 Å². The number of rotatable bonds is 9. The van der Waals surface area contributed by atoms with Crippen molar-refractivity contribution in [3.05, 3.63) is 29.5 Å². The molecule has 2 rings (SSSR count). The summed E-state index contributed by atoms with van der Waals surface area (Å²) < 4.78 is 15.3. The minimum Gasteiger partial charge on any atom is -1.00 e. The topological polar surface area (TPSA) is 125 Å². The first-order valence-corrected chi connectivity index (χ1v) is 7.53. The summed E-state index contributed by atoms with van der Waals surface area (Å²) in [5.41, 5.74) is 6.42. The summed E-state index contributed by atoms with van der Waals surface area (Å²) in [4.78, 5) is 11.8. The molecular weight excluding hydrogens is 350 g/mol. The summed E-state index contributed by atoms with van der Waals surface area (Å²) in [7, 11) is 1.61. The van der Waals surface area contributed by atoms with Crippen LogP contribution in [0.25, 0.3) is 0 Å². The number of benzene rings is 1. The first-order valence-electron chi connectivity index (χ1n) is 7.53. The van der Waals surface area contributed by atoms with Gasteiger partial charge in [-0.3, -0.25) is 4.79 Å². The van der Waals surface area contributed by atoms with E-state index >= 15 is 0 Å². The number of hydrogen-bond donors (Lipinski definition) is 3. The molecule has 0 unspecified atom stereocenters. The molecule has 1 amide bonds. The maximum absolute atomic E-state index is 11.8. The molecule has 0 aliphatic heterocycles. The van der Waals surface area contributed by atoms with E-state index in [9.17, 15) is 4.79 Å². The van der Waals surface area contributed by atoms with Gasteiger partial charge in [-0.25, -0.2) is 4.63 Å². The molecular formula is C15H21ClN5O4-. The van der Waals surface area contributed by atoms with E-state index in [0.29, 0.717) is 32.0 Å². The van der Waals surface area contributed by atoms with Gasteiger partial charge in [0.1, 0.15) is 0 Å². The van der Waals surface area contributed by atoms with Gasteiger partial charge in [0.15, 0.2) is 11.5 Å². The van der Waals surface area contributed by atoms with Crippen LogP contribution in [0.3, 0.4) is 0 Å². The van der Waals surface area contributed by atoms with Crippen LogP contribution in [0.5, 0.6) is 11.5 Å². The molecule has 0 aliphatic rings. The number of carbonyl (C=O) groups is 1. The van der Waals surface area contributed by atoms with Gasteiger partial charge < -0.3 is 38.2 Å². The quantitative estimate of drug-likeness (QED) is 0.417. The van der Waals surface area contributed by atoms with Crippen LogP contribution in [-0.4, -0.2) is 43.0 Å². The molecule has 1 aromatic carbocycles. The average Bonchev–Trinajstić information content (AvgIpc) is 3.02. The molecule has 0 saturated carbocycles. The first kappa shape index (κ1) is 20.5. The SMILES string of the molecule is CCOc1c(CNCCNC(=O)c2nonc2N)cccc1OC.[Cl-]. The summed E-state index contributed by atoms with van der Waals surface area (Å²) in [5, 5.41) is 12.7. The molecule has 0 fully saturated rings. The van der Waals surface area contributed by atoms with E-state index in [1.807, 2.05) is 25.1 Å². The van der Waals surface area contributed by atoms with Gasteiger partial charge in [0.05, 0.1) is 13.7 Å². The molecule has 1 heterocycles. The Kier molecular flexibility index (Phi) is 8.51. The zero-order valence-electron chi connectivity index (χ0n) is 14.0. The molecule has 0 spiro atoms. The number of carbonyl (C=O) groups excluding carboxylic acids is 1. The van der Waals surface area contributed by atoms with Crippen molar-refractivity contribution < 1.29 is 31.3 Å². The van der Waals surface area contributed by atoms with Crippen LogP contribution in [-0.2, 0) is 6.54 Å². The van der Waals surface area contributed by atoms with Gasteiger partial charge in [0, 0.05) is 25.2 Å². The molecule has 2 aromatic rings. The molecule has 0 bridgehead atoms. The molecule has 0 radical (unpaired) electrons. The van der Waals surface area contributed by atoms with Gasteiger partial charge in [0.25, 0.3) is 5.91 Å². The summed E-state index contributed by atoms with van der Waals surface area (Å²) in [5.74, 6) is 0.962. The number of methoxy groups -OCH3 is 1. The lowest BCUT2D eigenvalue weighted by Crippen LogP contribution is -3.00. The minimum absolute atomic E-state index is 0. The summed E-state index contributed by atoms with van der Waals surface area (Å²) in [6.07, 6.45) is 0. The number of halogens is 1. The van der Waals surface area contributed by atoms with Crippen LogP contribution in [0.15, 0.2) is 22.8 Å². The van der Waals surface area contributed by atoms with Gasteiger partial charge in [-0.05, 0) is 23.3 Å². The van der Waals surface area contributed by atoms with Crippen molar-refractivity contribution >= 4 is 11.7 Å². The Hall–Kier alpha value is -2.52. The number of aromatic nitrogens is 2. The van der Waals surface area contributed by atoms with Crippen molar-refractivity contribution in [2.75, 3.05) is 32.5 Å². The lowest BCUT2D eigenvalue weighted by atomic mass is 10.2. The number of nitrogens with zero attached hydrogens (tertiary/aromatic N) is 2. The number of amides is 1. The largest absolute Gasteiger partial charge is 1.00 e. The number of ether oxygens (including phenoxy) is 2. The van der Waals surface area contributed by atoms with E-state index in [4.69, 9.17) is 15.2 Å². The number of nitrogens with one attached hydrogen (secondary N) is 2. The van der Waals surface area contributed by atoms with Gasteiger partial charge in [-0.2, -0.15) is 0 Å². The maximum Gasteiger partial charge on any atom is 0.277 e. The van der Waals surface area contributed by atoms with Crippen LogP contribution >= 0.6 is 0 Å². The Balaban J connectivity index is 0.00000312. The molecule has 9 nitrogen and oxygen atoms in total. The van der Waals surface area contributed by atoms with Crippen molar-refractivity contribution in [2.45, 2.75) is 13.5 Å². The summed E-state index contributed by atoms with van der Waals surface area (Å²) in [6, 6.07) is 5.71. The lowest BCUT2D eigenvalue weighted by molar-refractivity contribution is -0.0000146. The molecule has 138 valence electrons. The van der Waals surface area contributed by atoms with Crippen LogP contribution in [0.2, 0.25) is 0 Å².